The van der Waals surface area contributed by atoms with Crippen molar-refractivity contribution in [2.75, 3.05) is 26.8 Å². The van der Waals surface area contributed by atoms with Crippen LogP contribution in [0.25, 0.3) is 0 Å². The lowest BCUT2D eigenvalue weighted by Gasteiger charge is -2.11. The molecule has 0 unspecified atom stereocenters. The Bertz CT molecular complexity index is 457. The normalized spacial score (nSPS) is 11.2. The summed E-state index contributed by atoms with van der Waals surface area (Å²) < 4.78 is 5.01. The van der Waals surface area contributed by atoms with E-state index in [0.717, 1.165) is 37.6 Å². The lowest BCUT2D eigenvalue weighted by atomic mass is 10.1. The highest BCUT2D eigenvalue weighted by Gasteiger charge is 2.00. The van der Waals surface area contributed by atoms with Crippen LogP contribution in [-0.2, 0) is 11.3 Å². The van der Waals surface area contributed by atoms with Crippen molar-refractivity contribution in [3.8, 4) is 0 Å². The topological polar surface area (TPSA) is 88.7 Å². The highest BCUT2D eigenvalue weighted by molar-refractivity contribution is 5.92. The minimum Gasteiger partial charge on any atom is -0.385 e. The fourth-order valence-corrected chi connectivity index (χ4v) is 1.71. The van der Waals surface area contributed by atoms with Crippen molar-refractivity contribution in [2.24, 2.45) is 10.7 Å². The number of aliphatic imine (C=N–C) groups is 1. The molecule has 0 aromatic heterocycles. The molecular weight excluding hydrogens is 268 g/mol. The largest absolute Gasteiger partial charge is 0.385 e. The predicted molar refractivity (Wildman–Crippen MR) is 84.3 cm³/mol. The van der Waals surface area contributed by atoms with Gasteiger partial charge in [-0.1, -0.05) is 12.1 Å². The van der Waals surface area contributed by atoms with Gasteiger partial charge in [-0.2, -0.15) is 0 Å². The first kappa shape index (κ1) is 17.0. The number of carbonyl (C=O) groups is 1. The van der Waals surface area contributed by atoms with E-state index in [4.69, 9.17) is 10.5 Å². The summed E-state index contributed by atoms with van der Waals surface area (Å²) in [7, 11) is 1.69. The summed E-state index contributed by atoms with van der Waals surface area (Å²) in [6, 6.07) is 7.15. The molecule has 0 fully saturated rings. The molecule has 1 rings (SSSR count). The van der Waals surface area contributed by atoms with Gasteiger partial charge in [-0.3, -0.25) is 4.79 Å². The number of guanidine groups is 1. The third kappa shape index (κ3) is 6.76. The number of amides is 1. The number of rotatable bonds is 8. The fourth-order valence-electron chi connectivity index (χ4n) is 1.71. The van der Waals surface area contributed by atoms with Crippen molar-refractivity contribution in [2.45, 2.75) is 19.9 Å². The Labute approximate surface area is 125 Å². The molecule has 0 spiro atoms. The molecule has 6 heteroatoms. The molecule has 0 aliphatic heterocycles. The van der Waals surface area contributed by atoms with Crippen LogP contribution in [0, 0.1) is 0 Å². The van der Waals surface area contributed by atoms with Crippen LogP contribution in [0.1, 0.15) is 29.3 Å². The number of nitrogens with one attached hydrogen (secondary N) is 2. The Morgan fingerprint density at radius 2 is 2.00 bits per heavy atom. The van der Waals surface area contributed by atoms with Gasteiger partial charge in [0.1, 0.15) is 0 Å². The Balaban J connectivity index is 2.53. The zero-order chi connectivity index (χ0) is 15.5. The highest BCUT2D eigenvalue weighted by atomic mass is 16.5. The van der Waals surface area contributed by atoms with Crippen molar-refractivity contribution in [1.82, 2.24) is 10.6 Å². The van der Waals surface area contributed by atoms with E-state index in [1.54, 1.807) is 19.2 Å². The summed E-state index contributed by atoms with van der Waals surface area (Å²) in [4.78, 5) is 15.5. The van der Waals surface area contributed by atoms with Crippen molar-refractivity contribution >= 4 is 11.9 Å². The maximum Gasteiger partial charge on any atom is 0.248 e. The number of hydrogen-bond donors (Lipinski definition) is 3. The first-order chi connectivity index (χ1) is 10.2. The number of ether oxygens (including phenoxy) is 1. The average molecular weight is 292 g/mol. The second kappa shape index (κ2) is 9.77. The molecule has 4 N–H and O–H groups in total. The summed E-state index contributed by atoms with van der Waals surface area (Å²) in [6.07, 6.45) is 0.925. The molecule has 0 aliphatic rings. The van der Waals surface area contributed by atoms with E-state index in [1.165, 1.54) is 0 Å². The Hall–Kier alpha value is -2.08. The Morgan fingerprint density at radius 3 is 2.57 bits per heavy atom. The van der Waals surface area contributed by atoms with Crippen LogP contribution in [0.4, 0.5) is 0 Å². The van der Waals surface area contributed by atoms with Gasteiger partial charge in [-0.05, 0) is 31.0 Å². The molecule has 116 valence electrons. The number of primary amides is 1. The predicted octanol–water partition coefficient (Wildman–Crippen LogP) is 0.877. The second-order valence-electron chi connectivity index (χ2n) is 4.53. The molecule has 6 nitrogen and oxygen atoms in total. The summed E-state index contributed by atoms with van der Waals surface area (Å²) in [5.41, 5.74) is 6.74. The molecule has 0 bridgehead atoms. The maximum absolute atomic E-state index is 11.0. The van der Waals surface area contributed by atoms with Crippen LogP contribution in [0.15, 0.2) is 29.3 Å². The quantitative estimate of drug-likeness (QED) is 0.377. The standard InChI is InChI=1S/C15H24N4O2/c1-3-17-15(18-9-4-10-21-2)19-11-12-5-7-13(8-6-12)14(16)20/h5-8H,3-4,9-11H2,1-2H3,(H2,16,20)(H2,17,18,19). The van der Waals surface area contributed by atoms with E-state index in [-0.39, 0.29) is 0 Å². The second-order valence-corrected chi connectivity index (χ2v) is 4.53. The van der Waals surface area contributed by atoms with Gasteiger partial charge in [-0.15, -0.1) is 0 Å². The van der Waals surface area contributed by atoms with Crippen LogP contribution in [0.3, 0.4) is 0 Å². The van der Waals surface area contributed by atoms with Gasteiger partial charge in [0.05, 0.1) is 6.54 Å². The molecule has 1 aromatic rings. The molecule has 0 atom stereocenters. The average Bonchev–Trinajstić information content (AvgIpc) is 2.49. The molecule has 1 amide bonds. The van der Waals surface area contributed by atoms with E-state index < -0.39 is 5.91 Å². The third-order valence-electron chi connectivity index (χ3n) is 2.82. The van der Waals surface area contributed by atoms with Crippen LogP contribution >= 0.6 is 0 Å². The molecule has 0 saturated heterocycles. The van der Waals surface area contributed by atoms with Crippen LogP contribution < -0.4 is 16.4 Å². The molecule has 21 heavy (non-hydrogen) atoms. The van der Waals surface area contributed by atoms with Gasteiger partial charge in [0.2, 0.25) is 5.91 Å². The number of methoxy groups -OCH3 is 1. The van der Waals surface area contributed by atoms with Gasteiger partial charge >= 0.3 is 0 Å². The maximum atomic E-state index is 11.0. The lowest BCUT2D eigenvalue weighted by molar-refractivity contribution is 0.100. The summed E-state index contributed by atoms with van der Waals surface area (Å²) in [5.74, 6) is 0.353. The zero-order valence-corrected chi connectivity index (χ0v) is 12.7. The molecule has 0 heterocycles. The van der Waals surface area contributed by atoms with Crippen molar-refractivity contribution < 1.29 is 9.53 Å². The highest BCUT2D eigenvalue weighted by Crippen LogP contribution is 2.05. The number of nitrogens with two attached hydrogens (primary N) is 1. The number of benzene rings is 1. The smallest absolute Gasteiger partial charge is 0.248 e. The lowest BCUT2D eigenvalue weighted by Crippen LogP contribution is -2.38. The minimum atomic E-state index is -0.418. The molecule has 1 aromatic carbocycles. The summed E-state index contributed by atoms with van der Waals surface area (Å²) in [6.45, 7) is 4.89. The van der Waals surface area contributed by atoms with Gasteiger partial charge in [0.25, 0.3) is 0 Å². The van der Waals surface area contributed by atoms with E-state index in [2.05, 4.69) is 15.6 Å². The van der Waals surface area contributed by atoms with Crippen LogP contribution in [0.2, 0.25) is 0 Å². The first-order valence-electron chi connectivity index (χ1n) is 7.07. The molecular formula is C15H24N4O2. The third-order valence-corrected chi connectivity index (χ3v) is 2.82. The number of hydrogen-bond acceptors (Lipinski definition) is 3. The Kier molecular flexibility index (Phi) is 7.89. The first-order valence-corrected chi connectivity index (χ1v) is 7.07. The van der Waals surface area contributed by atoms with Crippen molar-refractivity contribution in [3.05, 3.63) is 35.4 Å². The number of nitrogens with zero attached hydrogens (tertiary/aromatic N) is 1. The minimum absolute atomic E-state index is 0.418. The van der Waals surface area contributed by atoms with Crippen molar-refractivity contribution in [1.29, 1.82) is 0 Å². The zero-order valence-electron chi connectivity index (χ0n) is 12.7. The monoisotopic (exact) mass is 292 g/mol. The molecule has 0 radical (unpaired) electrons. The van der Waals surface area contributed by atoms with Crippen LogP contribution in [-0.4, -0.2) is 38.7 Å². The van der Waals surface area contributed by atoms with E-state index in [0.29, 0.717) is 12.1 Å². The van der Waals surface area contributed by atoms with Gasteiger partial charge in [0, 0.05) is 32.4 Å². The van der Waals surface area contributed by atoms with Crippen LogP contribution in [0.5, 0.6) is 0 Å². The van der Waals surface area contributed by atoms with Gasteiger partial charge < -0.3 is 21.1 Å². The summed E-state index contributed by atoms with van der Waals surface area (Å²) in [5, 5.41) is 6.42. The molecule has 0 aliphatic carbocycles. The SMILES string of the molecule is CCNC(=NCc1ccc(C(N)=O)cc1)NCCCOC. The molecule has 0 saturated carbocycles. The van der Waals surface area contributed by atoms with E-state index in [9.17, 15) is 4.79 Å². The summed E-state index contributed by atoms with van der Waals surface area (Å²) >= 11 is 0. The Morgan fingerprint density at radius 1 is 1.29 bits per heavy atom. The van der Waals surface area contributed by atoms with Gasteiger partial charge in [0.15, 0.2) is 5.96 Å². The van der Waals surface area contributed by atoms with Gasteiger partial charge in [-0.25, -0.2) is 4.99 Å². The van der Waals surface area contributed by atoms with E-state index in [1.807, 2.05) is 19.1 Å². The number of carbonyl (C=O) groups excluding carboxylic acids is 1. The van der Waals surface area contributed by atoms with Crippen molar-refractivity contribution in [3.63, 3.8) is 0 Å². The van der Waals surface area contributed by atoms with E-state index >= 15 is 0 Å². The fraction of sp³-hybridized carbons (Fsp3) is 0.467.